The van der Waals surface area contributed by atoms with Crippen LogP contribution in [0.5, 0.6) is 11.5 Å². The Hall–Kier alpha value is -2.91. The standard InChI is InChI=1S/C24H31N3O5S/c1-7-26(8-2)11-12-27-20(16-9-10-17(31-5)18(13-16)32-6)19(22(29)24(27)30)21(28)23-14(3)25-15(4)33-23/h9-10,13,20,29H,7-8,11-12H2,1-6H3/t20-/m0/s1. The Morgan fingerprint density at radius 3 is 2.39 bits per heavy atom. The number of thiazole rings is 1. The highest BCUT2D eigenvalue weighted by molar-refractivity contribution is 7.14. The quantitative estimate of drug-likeness (QED) is 0.526. The maximum Gasteiger partial charge on any atom is 0.290 e. The van der Waals surface area contributed by atoms with E-state index in [0.29, 0.717) is 40.7 Å². The Kier molecular flexibility index (Phi) is 7.76. The van der Waals surface area contributed by atoms with E-state index in [4.69, 9.17) is 9.47 Å². The molecule has 0 spiro atoms. The number of aryl methyl sites for hydroxylation is 2. The number of rotatable bonds is 10. The number of Topliss-reactive ketones (excluding diaryl/α,β-unsaturated/α-hetero) is 1. The second kappa shape index (κ2) is 10.4. The van der Waals surface area contributed by atoms with Crippen LogP contribution in [0.1, 0.15) is 45.8 Å². The molecule has 0 aliphatic carbocycles. The number of ketones is 1. The van der Waals surface area contributed by atoms with Crippen molar-refractivity contribution in [2.45, 2.75) is 33.7 Å². The van der Waals surface area contributed by atoms with Crippen molar-refractivity contribution < 1.29 is 24.2 Å². The van der Waals surface area contributed by atoms with Gasteiger partial charge in [-0.3, -0.25) is 9.59 Å². The van der Waals surface area contributed by atoms with Crippen molar-refractivity contribution in [2.24, 2.45) is 0 Å². The molecule has 1 aromatic heterocycles. The molecule has 0 bridgehead atoms. The van der Waals surface area contributed by atoms with E-state index in [1.54, 1.807) is 37.1 Å². The summed E-state index contributed by atoms with van der Waals surface area (Å²) in [6, 6.07) is 4.53. The number of aromatic nitrogens is 1. The van der Waals surface area contributed by atoms with E-state index < -0.39 is 17.7 Å². The Morgan fingerprint density at radius 2 is 1.85 bits per heavy atom. The Morgan fingerprint density at radius 1 is 1.18 bits per heavy atom. The average Bonchev–Trinajstić information content (AvgIpc) is 3.28. The third-order valence-corrected chi connectivity index (χ3v) is 7.00. The molecule has 1 aliphatic heterocycles. The molecule has 1 amide bonds. The summed E-state index contributed by atoms with van der Waals surface area (Å²) in [5.74, 6) is -0.424. The minimum absolute atomic E-state index is 0.0681. The summed E-state index contributed by atoms with van der Waals surface area (Å²) in [5.41, 5.74) is 1.31. The predicted molar refractivity (Wildman–Crippen MR) is 127 cm³/mol. The number of carbonyl (C=O) groups excluding carboxylic acids is 2. The predicted octanol–water partition coefficient (Wildman–Crippen LogP) is 3.70. The molecule has 0 saturated carbocycles. The van der Waals surface area contributed by atoms with E-state index in [1.807, 2.05) is 6.92 Å². The zero-order chi connectivity index (χ0) is 24.3. The largest absolute Gasteiger partial charge is 0.503 e. The topological polar surface area (TPSA) is 92.2 Å². The van der Waals surface area contributed by atoms with E-state index >= 15 is 0 Å². The van der Waals surface area contributed by atoms with Crippen LogP contribution in [0.15, 0.2) is 29.5 Å². The normalized spacial score (nSPS) is 16.2. The first-order valence-corrected chi connectivity index (χ1v) is 11.8. The van der Waals surface area contributed by atoms with Gasteiger partial charge < -0.3 is 24.4 Å². The molecule has 0 unspecified atom stereocenters. The highest BCUT2D eigenvalue weighted by atomic mass is 32.1. The summed E-state index contributed by atoms with van der Waals surface area (Å²) < 4.78 is 10.8. The van der Waals surface area contributed by atoms with Crippen LogP contribution in [0.2, 0.25) is 0 Å². The number of amides is 1. The first-order chi connectivity index (χ1) is 15.8. The number of ether oxygens (including phenoxy) is 2. The number of benzene rings is 1. The molecule has 1 N–H and O–H groups in total. The maximum atomic E-state index is 13.6. The minimum Gasteiger partial charge on any atom is -0.503 e. The molecule has 1 aliphatic rings. The first-order valence-electron chi connectivity index (χ1n) is 10.9. The number of methoxy groups -OCH3 is 2. The summed E-state index contributed by atoms with van der Waals surface area (Å²) in [6.45, 7) is 10.4. The van der Waals surface area contributed by atoms with E-state index in [1.165, 1.54) is 18.4 Å². The highest BCUT2D eigenvalue weighted by Gasteiger charge is 2.44. The molecule has 178 valence electrons. The summed E-state index contributed by atoms with van der Waals surface area (Å²) in [5, 5.41) is 11.6. The first kappa shape index (κ1) is 24.7. The van der Waals surface area contributed by atoms with E-state index in [2.05, 4.69) is 23.7 Å². The third-order valence-electron chi connectivity index (χ3n) is 5.93. The number of nitrogens with zero attached hydrogens (tertiary/aromatic N) is 3. The van der Waals surface area contributed by atoms with Crippen molar-refractivity contribution >= 4 is 23.0 Å². The van der Waals surface area contributed by atoms with Gasteiger partial charge in [0.2, 0.25) is 5.78 Å². The van der Waals surface area contributed by atoms with Crippen LogP contribution in [-0.4, -0.2) is 72.0 Å². The van der Waals surface area contributed by atoms with E-state index in [0.717, 1.165) is 18.1 Å². The van der Waals surface area contributed by atoms with Crippen molar-refractivity contribution in [3.63, 3.8) is 0 Å². The van der Waals surface area contributed by atoms with E-state index in [9.17, 15) is 14.7 Å². The van der Waals surface area contributed by atoms with Gasteiger partial charge in [0, 0.05) is 13.1 Å². The summed E-state index contributed by atoms with van der Waals surface area (Å²) in [7, 11) is 3.07. The van der Waals surface area contributed by atoms with Crippen LogP contribution in [0.3, 0.4) is 0 Å². The van der Waals surface area contributed by atoms with Crippen molar-refractivity contribution in [1.29, 1.82) is 0 Å². The zero-order valence-electron chi connectivity index (χ0n) is 20.0. The molecule has 0 saturated heterocycles. The van der Waals surface area contributed by atoms with Gasteiger partial charge in [-0.25, -0.2) is 4.98 Å². The SMILES string of the molecule is CCN(CC)CCN1C(=O)C(O)=C(C(=O)c2sc(C)nc2C)[C@@H]1c1ccc(OC)c(OC)c1. The number of aliphatic hydroxyl groups excluding tert-OH is 1. The lowest BCUT2D eigenvalue weighted by atomic mass is 9.94. The van der Waals surface area contributed by atoms with Crippen molar-refractivity contribution in [2.75, 3.05) is 40.4 Å². The van der Waals surface area contributed by atoms with Gasteiger partial charge in [-0.15, -0.1) is 11.3 Å². The Bertz CT molecular complexity index is 1070. The number of hydrogen-bond donors (Lipinski definition) is 1. The molecule has 9 heteroatoms. The van der Waals surface area contributed by atoms with Crippen LogP contribution in [0.25, 0.3) is 0 Å². The summed E-state index contributed by atoms with van der Waals surface area (Å²) in [4.78, 5) is 35.3. The number of likely N-dealkylation sites (N-methyl/N-ethyl adjacent to an activating group) is 1. The molecule has 2 aromatic rings. The average molecular weight is 474 g/mol. The van der Waals surface area contributed by atoms with Gasteiger partial charge in [0.15, 0.2) is 17.3 Å². The van der Waals surface area contributed by atoms with Gasteiger partial charge in [-0.05, 0) is 44.6 Å². The van der Waals surface area contributed by atoms with Gasteiger partial charge in [0.25, 0.3) is 5.91 Å². The molecule has 8 nitrogen and oxygen atoms in total. The minimum atomic E-state index is -0.748. The highest BCUT2D eigenvalue weighted by Crippen LogP contribution is 2.42. The van der Waals surface area contributed by atoms with Gasteiger partial charge in [-0.1, -0.05) is 19.9 Å². The second-order valence-electron chi connectivity index (χ2n) is 7.78. The van der Waals surface area contributed by atoms with Crippen LogP contribution >= 0.6 is 11.3 Å². The fraction of sp³-hybridized carbons (Fsp3) is 0.458. The summed E-state index contributed by atoms with van der Waals surface area (Å²) >= 11 is 1.26. The lowest BCUT2D eigenvalue weighted by molar-refractivity contribution is -0.129. The molecule has 1 aromatic carbocycles. The third kappa shape index (κ3) is 4.74. The lowest BCUT2D eigenvalue weighted by Gasteiger charge is -2.29. The van der Waals surface area contributed by atoms with Crippen molar-refractivity contribution in [3.05, 3.63) is 50.7 Å². The van der Waals surface area contributed by atoms with Gasteiger partial charge in [0.1, 0.15) is 0 Å². The fourth-order valence-electron chi connectivity index (χ4n) is 4.14. The van der Waals surface area contributed by atoms with Crippen LogP contribution in [0, 0.1) is 13.8 Å². The number of hydrogen-bond acceptors (Lipinski definition) is 8. The van der Waals surface area contributed by atoms with Crippen LogP contribution < -0.4 is 9.47 Å². The van der Waals surface area contributed by atoms with Crippen LogP contribution in [0.4, 0.5) is 0 Å². The van der Waals surface area contributed by atoms with Crippen molar-refractivity contribution in [3.8, 4) is 11.5 Å². The molecule has 0 radical (unpaired) electrons. The molecule has 33 heavy (non-hydrogen) atoms. The molecule has 3 rings (SSSR count). The molecule has 0 fully saturated rings. The van der Waals surface area contributed by atoms with Gasteiger partial charge in [-0.2, -0.15) is 0 Å². The smallest absolute Gasteiger partial charge is 0.290 e. The number of carbonyl (C=O) groups is 2. The van der Waals surface area contributed by atoms with Crippen molar-refractivity contribution in [1.82, 2.24) is 14.8 Å². The molecular formula is C24H31N3O5S. The Balaban J connectivity index is 2.10. The van der Waals surface area contributed by atoms with E-state index in [-0.39, 0.29) is 11.4 Å². The molecular weight excluding hydrogens is 442 g/mol. The van der Waals surface area contributed by atoms with Crippen LogP contribution in [-0.2, 0) is 4.79 Å². The maximum absolute atomic E-state index is 13.6. The molecule has 2 heterocycles. The second-order valence-corrected chi connectivity index (χ2v) is 8.98. The fourth-order valence-corrected chi connectivity index (χ4v) is 5.01. The zero-order valence-corrected chi connectivity index (χ0v) is 20.8. The molecule has 1 atom stereocenters. The number of aliphatic hydroxyl groups is 1. The van der Waals surface area contributed by atoms with Gasteiger partial charge in [0.05, 0.1) is 41.4 Å². The Labute approximate surface area is 198 Å². The summed E-state index contributed by atoms with van der Waals surface area (Å²) in [6.07, 6.45) is 0. The van der Waals surface area contributed by atoms with Gasteiger partial charge >= 0.3 is 0 Å². The lowest BCUT2D eigenvalue weighted by Crippen LogP contribution is -2.38. The monoisotopic (exact) mass is 473 g/mol.